The lowest BCUT2D eigenvalue weighted by molar-refractivity contribution is 0.414. The topological polar surface area (TPSA) is 74.3 Å². The Labute approximate surface area is 188 Å². The molecule has 0 unspecified atom stereocenters. The van der Waals surface area contributed by atoms with Gasteiger partial charge < -0.3 is 4.74 Å². The Kier molecular flexibility index (Phi) is 5.17. The molecular formula is C24H18ClN5O2. The molecule has 0 aliphatic rings. The Morgan fingerprint density at radius 1 is 0.938 bits per heavy atom. The molecule has 3 heterocycles. The van der Waals surface area contributed by atoms with Crippen molar-refractivity contribution < 1.29 is 4.74 Å². The van der Waals surface area contributed by atoms with Crippen molar-refractivity contribution in [3.8, 4) is 28.0 Å². The van der Waals surface area contributed by atoms with E-state index in [1.807, 2.05) is 60.7 Å². The largest absolute Gasteiger partial charge is 0.497 e. The summed E-state index contributed by atoms with van der Waals surface area (Å²) in [5, 5.41) is 9.71. The van der Waals surface area contributed by atoms with Gasteiger partial charge in [-0.25, -0.2) is 9.48 Å². The van der Waals surface area contributed by atoms with Crippen molar-refractivity contribution in [1.29, 1.82) is 0 Å². The van der Waals surface area contributed by atoms with Crippen molar-refractivity contribution in [1.82, 2.24) is 24.4 Å². The van der Waals surface area contributed by atoms with E-state index in [-0.39, 0.29) is 5.69 Å². The van der Waals surface area contributed by atoms with Gasteiger partial charge in [0.2, 0.25) is 0 Å². The number of methoxy groups -OCH3 is 1. The molecule has 0 bridgehead atoms. The first-order valence-electron chi connectivity index (χ1n) is 9.92. The molecule has 0 amide bonds. The minimum atomic E-state index is -0.311. The van der Waals surface area contributed by atoms with Crippen molar-refractivity contribution in [2.45, 2.75) is 6.54 Å². The molecule has 0 saturated heterocycles. The molecular weight excluding hydrogens is 426 g/mol. The molecule has 0 N–H and O–H groups in total. The minimum absolute atomic E-state index is 0.311. The molecule has 0 atom stereocenters. The summed E-state index contributed by atoms with van der Waals surface area (Å²) in [6.07, 6.45) is 5.11. The monoisotopic (exact) mass is 443 g/mol. The number of fused-ring (bicyclic) bond motifs is 1. The van der Waals surface area contributed by atoms with Gasteiger partial charge in [0.1, 0.15) is 5.75 Å². The summed E-state index contributed by atoms with van der Waals surface area (Å²) < 4.78 is 7.96. The highest BCUT2D eigenvalue weighted by atomic mass is 35.5. The molecule has 7 nitrogen and oxygen atoms in total. The third kappa shape index (κ3) is 3.63. The average molecular weight is 444 g/mol. The summed E-state index contributed by atoms with van der Waals surface area (Å²) in [5.74, 6) is 0.755. The summed E-state index contributed by atoms with van der Waals surface area (Å²) in [4.78, 5) is 17.2. The van der Waals surface area contributed by atoms with Crippen LogP contribution >= 0.6 is 11.6 Å². The van der Waals surface area contributed by atoms with Gasteiger partial charge in [0.05, 0.1) is 19.9 Å². The van der Waals surface area contributed by atoms with Crippen LogP contribution in [0.5, 0.6) is 5.75 Å². The number of halogens is 1. The van der Waals surface area contributed by atoms with Crippen LogP contribution in [0.15, 0.2) is 84.0 Å². The van der Waals surface area contributed by atoms with Crippen molar-refractivity contribution >= 4 is 17.2 Å². The average Bonchev–Trinajstić information content (AvgIpc) is 3.15. The van der Waals surface area contributed by atoms with Crippen LogP contribution in [0.2, 0.25) is 5.02 Å². The van der Waals surface area contributed by atoms with Gasteiger partial charge in [0, 0.05) is 28.5 Å². The minimum Gasteiger partial charge on any atom is -0.497 e. The van der Waals surface area contributed by atoms with Gasteiger partial charge in [-0.1, -0.05) is 35.9 Å². The zero-order valence-electron chi connectivity index (χ0n) is 17.1. The highest BCUT2D eigenvalue weighted by Crippen LogP contribution is 2.34. The molecule has 8 heteroatoms. The number of benzene rings is 2. The Morgan fingerprint density at radius 2 is 1.66 bits per heavy atom. The van der Waals surface area contributed by atoms with Gasteiger partial charge in [0.15, 0.2) is 5.65 Å². The van der Waals surface area contributed by atoms with Crippen molar-refractivity contribution in [3.05, 3.63) is 100 Å². The van der Waals surface area contributed by atoms with Gasteiger partial charge >= 0.3 is 5.69 Å². The molecule has 3 aromatic heterocycles. The standard InChI is InChI=1S/C24H18ClN5O2/c1-32-20-8-2-16(3-9-20)15-29-24(31)30-23(28-29)22(18-10-12-26-13-11-18)21(14-27-30)17-4-6-19(25)7-5-17/h2-14H,15H2,1H3. The van der Waals surface area contributed by atoms with Crippen LogP contribution in [0.3, 0.4) is 0 Å². The fourth-order valence-electron chi connectivity index (χ4n) is 3.62. The van der Waals surface area contributed by atoms with Gasteiger partial charge in [-0.2, -0.15) is 9.61 Å². The molecule has 5 rings (SSSR count). The van der Waals surface area contributed by atoms with Crippen molar-refractivity contribution in [2.75, 3.05) is 7.11 Å². The smallest absolute Gasteiger partial charge is 0.367 e. The maximum Gasteiger partial charge on any atom is 0.367 e. The summed E-state index contributed by atoms with van der Waals surface area (Å²) in [5.41, 5.74) is 4.56. The van der Waals surface area contributed by atoms with Crippen molar-refractivity contribution in [3.63, 3.8) is 0 Å². The first-order valence-corrected chi connectivity index (χ1v) is 10.3. The number of pyridine rings is 1. The van der Waals surface area contributed by atoms with E-state index in [0.29, 0.717) is 17.2 Å². The van der Waals surface area contributed by atoms with E-state index in [0.717, 1.165) is 33.6 Å². The van der Waals surface area contributed by atoms with E-state index in [9.17, 15) is 4.79 Å². The van der Waals surface area contributed by atoms with E-state index >= 15 is 0 Å². The number of aromatic nitrogens is 5. The molecule has 0 saturated carbocycles. The zero-order chi connectivity index (χ0) is 22.1. The number of ether oxygens (including phenoxy) is 1. The fraction of sp³-hybridized carbons (Fsp3) is 0.0833. The SMILES string of the molecule is COc1ccc(Cn2nc3c(-c4ccncc4)c(-c4ccc(Cl)cc4)cnn3c2=O)cc1. The first-order chi connectivity index (χ1) is 15.6. The van der Waals surface area contributed by atoms with Crippen LogP contribution in [0.25, 0.3) is 27.9 Å². The van der Waals surface area contributed by atoms with Gasteiger partial charge in [-0.3, -0.25) is 4.98 Å². The lowest BCUT2D eigenvalue weighted by atomic mass is 9.98. The third-order valence-electron chi connectivity index (χ3n) is 5.23. The summed E-state index contributed by atoms with van der Waals surface area (Å²) in [6.45, 7) is 0.318. The highest BCUT2D eigenvalue weighted by Gasteiger charge is 2.18. The lowest BCUT2D eigenvalue weighted by Gasteiger charge is -2.10. The molecule has 0 spiro atoms. The third-order valence-corrected chi connectivity index (χ3v) is 5.48. The number of hydrogen-bond acceptors (Lipinski definition) is 5. The van der Waals surface area contributed by atoms with Crippen LogP contribution in [0.1, 0.15) is 5.56 Å². The maximum atomic E-state index is 13.1. The molecule has 2 aromatic carbocycles. The van der Waals surface area contributed by atoms with Gasteiger partial charge in [-0.15, -0.1) is 5.10 Å². The number of nitrogens with zero attached hydrogens (tertiary/aromatic N) is 5. The fourth-order valence-corrected chi connectivity index (χ4v) is 3.74. The van der Waals surface area contributed by atoms with Gasteiger partial charge in [0.25, 0.3) is 0 Å². The second kappa shape index (κ2) is 8.28. The zero-order valence-corrected chi connectivity index (χ0v) is 17.9. The summed E-state index contributed by atoms with van der Waals surface area (Å²) >= 11 is 6.08. The molecule has 158 valence electrons. The Morgan fingerprint density at radius 3 is 2.34 bits per heavy atom. The van der Waals surface area contributed by atoms with Crippen LogP contribution in [-0.2, 0) is 6.54 Å². The molecule has 5 aromatic rings. The highest BCUT2D eigenvalue weighted by molar-refractivity contribution is 6.30. The van der Waals surface area contributed by atoms with Crippen LogP contribution in [-0.4, -0.2) is 31.5 Å². The van der Waals surface area contributed by atoms with Crippen molar-refractivity contribution in [2.24, 2.45) is 0 Å². The lowest BCUT2D eigenvalue weighted by Crippen LogP contribution is -2.22. The number of rotatable bonds is 5. The Bertz CT molecular complexity index is 1440. The van der Waals surface area contributed by atoms with E-state index in [2.05, 4.69) is 15.2 Å². The molecule has 0 aliphatic carbocycles. The van der Waals surface area contributed by atoms with Crippen LogP contribution < -0.4 is 10.4 Å². The molecule has 32 heavy (non-hydrogen) atoms. The van der Waals surface area contributed by atoms with E-state index < -0.39 is 0 Å². The predicted molar refractivity (Wildman–Crippen MR) is 123 cm³/mol. The van der Waals surface area contributed by atoms with Crippen LogP contribution in [0, 0.1) is 0 Å². The molecule has 0 fully saturated rings. The van der Waals surface area contributed by atoms with E-state index in [1.165, 1.54) is 9.20 Å². The summed E-state index contributed by atoms with van der Waals surface area (Å²) in [7, 11) is 1.62. The predicted octanol–water partition coefficient (Wildman–Crippen LogP) is 4.33. The Hall–Kier alpha value is -3.97. The first kappa shape index (κ1) is 20.0. The second-order valence-corrected chi connectivity index (χ2v) is 7.64. The molecule has 0 aliphatic heterocycles. The second-order valence-electron chi connectivity index (χ2n) is 7.20. The molecule has 0 radical (unpaired) electrons. The normalized spacial score (nSPS) is 11.1. The quantitative estimate of drug-likeness (QED) is 0.404. The van der Waals surface area contributed by atoms with E-state index in [1.54, 1.807) is 25.7 Å². The maximum absolute atomic E-state index is 13.1. The summed E-state index contributed by atoms with van der Waals surface area (Å²) in [6, 6.07) is 18.8. The van der Waals surface area contributed by atoms with E-state index in [4.69, 9.17) is 16.3 Å². The van der Waals surface area contributed by atoms with Crippen LogP contribution in [0.4, 0.5) is 0 Å². The Balaban J connectivity index is 1.69. The number of hydrogen-bond donors (Lipinski definition) is 0. The van der Waals surface area contributed by atoms with Gasteiger partial charge in [-0.05, 0) is 53.1 Å².